The molecule has 0 saturated carbocycles. The second-order valence-electron chi connectivity index (χ2n) is 2.59. The molecule has 0 aliphatic carbocycles. The summed E-state index contributed by atoms with van der Waals surface area (Å²) in [6.07, 6.45) is -4.68. The van der Waals surface area contributed by atoms with Gasteiger partial charge in [-0.2, -0.15) is 13.2 Å². The highest BCUT2D eigenvalue weighted by Gasteiger charge is 2.35. The van der Waals surface area contributed by atoms with Crippen LogP contribution in [0.25, 0.3) is 0 Å². The third-order valence-corrected chi connectivity index (χ3v) is 1.56. The maximum atomic E-state index is 12.9. The molecule has 0 aliphatic heterocycles. The van der Waals surface area contributed by atoms with E-state index in [1.807, 2.05) is 0 Å². The fraction of sp³-hybridized carbons (Fsp3) is 0.125. The van der Waals surface area contributed by atoms with Gasteiger partial charge < -0.3 is 5.73 Å². The number of carbonyl (C=O) groups excluding carboxylic acids is 1. The van der Waals surface area contributed by atoms with Crippen LogP contribution >= 0.6 is 0 Å². The van der Waals surface area contributed by atoms with Gasteiger partial charge in [0.2, 0.25) is 0 Å². The Hall–Kier alpha value is -1.59. The van der Waals surface area contributed by atoms with Gasteiger partial charge in [0.15, 0.2) is 5.82 Å². The topological polar surface area (TPSA) is 43.1 Å². The van der Waals surface area contributed by atoms with E-state index in [-0.39, 0.29) is 11.8 Å². The fourth-order valence-corrected chi connectivity index (χ4v) is 0.944. The number of carbonyl (C=O) groups is 1. The summed E-state index contributed by atoms with van der Waals surface area (Å²) in [6, 6.07) is 1.26. The lowest BCUT2D eigenvalue weighted by Gasteiger charge is -2.09. The van der Waals surface area contributed by atoms with Crippen LogP contribution in [0.4, 0.5) is 23.2 Å². The number of alkyl halides is 3. The summed E-state index contributed by atoms with van der Waals surface area (Å²) in [4.78, 5) is 10.2. The van der Waals surface area contributed by atoms with Crippen molar-refractivity contribution in [3.63, 3.8) is 0 Å². The molecule has 0 radical (unpaired) electrons. The predicted octanol–water partition coefficient (Wildman–Crippen LogP) is 2.24. The van der Waals surface area contributed by atoms with Gasteiger partial charge in [-0.05, 0) is 12.1 Å². The van der Waals surface area contributed by atoms with Crippen molar-refractivity contribution in [1.82, 2.24) is 0 Å². The van der Waals surface area contributed by atoms with Crippen LogP contribution in [0.1, 0.15) is 15.9 Å². The van der Waals surface area contributed by atoms with Crippen molar-refractivity contribution in [2.75, 3.05) is 5.73 Å². The van der Waals surface area contributed by atoms with Crippen molar-refractivity contribution in [2.24, 2.45) is 0 Å². The monoisotopic (exact) mass is 207 g/mol. The summed E-state index contributed by atoms with van der Waals surface area (Å²) < 4.78 is 49.3. The molecule has 0 fully saturated rings. The van der Waals surface area contributed by atoms with E-state index in [2.05, 4.69) is 0 Å². The SMILES string of the molecule is Nc1cc(C=O)cc(C(F)(F)F)c1F. The molecule has 14 heavy (non-hydrogen) atoms. The summed E-state index contributed by atoms with van der Waals surface area (Å²) in [5, 5.41) is 0. The Morgan fingerprint density at radius 1 is 1.29 bits per heavy atom. The number of hydrogen-bond acceptors (Lipinski definition) is 2. The predicted molar refractivity (Wildman–Crippen MR) is 41.2 cm³/mol. The minimum Gasteiger partial charge on any atom is -0.396 e. The van der Waals surface area contributed by atoms with Crippen molar-refractivity contribution in [3.8, 4) is 0 Å². The third-order valence-electron chi connectivity index (χ3n) is 1.56. The lowest BCUT2D eigenvalue weighted by molar-refractivity contribution is -0.139. The average molecular weight is 207 g/mol. The normalized spacial score (nSPS) is 11.4. The van der Waals surface area contributed by atoms with Gasteiger partial charge in [0.25, 0.3) is 0 Å². The van der Waals surface area contributed by atoms with Crippen LogP contribution in [0.3, 0.4) is 0 Å². The van der Waals surface area contributed by atoms with Crippen LogP contribution in [0, 0.1) is 5.82 Å². The van der Waals surface area contributed by atoms with E-state index in [0.717, 1.165) is 6.07 Å². The average Bonchev–Trinajstić information content (AvgIpc) is 2.07. The number of nitrogens with two attached hydrogens (primary N) is 1. The first-order valence-corrected chi connectivity index (χ1v) is 3.47. The highest BCUT2D eigenvalue weighted by Crippen LogP contribution is 2.33. The van der Waals surface area contributed by atoms with Crippen LogP contribution in [0.2, 0.25) is 0 Å². The molecule has 76 valence electrons. The number of rotatable bonds is 1. The molecule has 0 spiro atoms. The van der Waals surface area contributed by atoms with E-state index in [9.17, 15) is 22.4 Å². The van der Waals surface area contributed by atoms with Gasteiger partial charge in [0, 0.05) is 5.56 Å². The van der Waals surface area contributed by atoms with Gasteiger partial charge >= 0.3 is 6.18 Å². The van der Waals surface area contributed by atoms with E-state index < -0.39 is 23.2 Å². The number of anilines is 1. The van der Waals surface area contributed by atoms with E-state index in [1.165, 1.54) is 0 Å². The summed E-state index contributed by atoms with van der Waals surface area (Å²) in [5.41, 5.74) is 2.43. The van der Waals surface area contributed by atoms with Crippen molar-refractivity contribution in [1.29, 1.82) is 0 Å². The molecular formula is C8H5F4NO. The molecule has 6 heteroatoms. The van der Waals surface area contributed by atoms with E-state index in [4.69, 9.17) is 5.73 Å². The molecule has 0 heterocycles. The van der Waals surface area contributed by atoms with Gasteiger partial charge in [0.05, 0.1) is 11.3 Å². The molecule has 1 aromatic rings. The molecule has 0 saturated heterocycles. The van der Waals surface area contributed by atoms with Gasteiger partial charge in [-0.1, -0.05) is 0 Å². The molecule has 0 aliphatic rings. The van der Waals surface area contributed by atoms with Crippen LogP contribution in [0.15, 0.2) is 12.1 Å². The summed E-state index contributed by atoms with van der Waals surface area (Å²) >= 11 is 0. The highest BCUT2D eigenvalue weighted by molar-refractivity contribution is 5.77. The minimum absolute atomic E-state index is 0.172. The quantitative estimate of drug-likeness (QED) is 0.436. The lowest BCUT2D eigenvalue weighted by Crippen LogP contribution is -2.10. The standard InChI is InChI=1S/C8H5F4NO/c9-7-5(8(10,11)12)1-4(3-14)2-6(7)13/h1-3H,13H2. The highest BCUT2D eigenvalue weighted by atomic mass is 19.4. The largest absolute Gasteiger partial charge is 0.419 e. The van der Waals surface area contributed by atoms with Crippen LogP contribution in [0.5, 0.6) is 0 Å². The number of nitrogen functional groups attached to an aromatic ring is 1. The van der Waals surface area contributed by atoms with Gasteiger partial charge in [-0.25, -0.2) is 4.39 Å². The van der Waals surface area contributed by atoms with Gasteiger partial charge in [-0.15, -0.1) is 0 Å². The van der Waals surface area contributed by atoms with Gasteiger partial charge in [0.1, 0.15) is 6.29 Å². The van der Waals surface area contributed by atoms with Crippen LogP contribution in [-0.2, 0) is 6.18 Å². The van der Waals surface area contributed by atoms with E-state index in [0.29, 0.717) is 6.07 Å². The third kappa shape index (κ3) is 1.84. The Morgan fingerprint density at radius 3 is 2.29 bits per heavy atom. The Kier molecular flexibility index (Phi) is 2.46. The first-order chi connectivity index (χ1) is 6.36. The first kappa shape index (κ1) is 10.5. The Balaban J connectivity index is 3.42. The molecule has 2 N–H and O–H groups in total. The first-order valence-electron chi connectivity index (χ1n) is 3.47. The van der Waals surface area contributed by atoms with Crippen molar-refractivity contribution < 1.29 is 22.4 Å². The number of aldehydes is 1. The zero-order valence-corrected chi connectivity index (χ0v) is 6.73. The Bertz CT molecular complexity index is 372. The van der Waals surface area contributed by atoms with E-state index in [1.54, 1.807) is 0 Å². The summed E-state index contributed by atoms with van der Waals surface area (Å²) in [6.45, 7) is 0. The van der Waals surface area contributed by atoms with Crippen LogP contribution < -0.4 is 5.73 Å². The van der Waals surface area contributed by atoms with Crippen molar-refractivity contribution in [3.05, 3.63) is 29.1 Å². The molecular weight excluding hydrogens is 202 g/mol. The summed E-state index contributed by atoms with van der Waals surface area (Å²) in [5.74, 6) is -1.55. The summed E-state index contributed by atoms with van der Waals surface area (Å²) in [7, 11) is 0. The maximum Gasteiger partial charge on any atom is 0.419 e. The zero-order chi connectivity index (χ0) is 10.9. The lowest BCUT2D eigenvalue weighted by atomic mass is 10.1. The molecule has 0 bridgehead atoms. The molecule has 1 rings (SSSR count). The van der Waals surface area contributed by atoms with Crippen molar-refractivity contribution >= 4 is 12.0 Å². The zero-order valence-electron chi connectivity index (χ0n) is 6.73. The fourth-order valence-electron chi connectivity index (χ4n) is 0.944. The Morgan fingerprint density at radius 2 is 1.86 bits per heavy atom. The molecule has 0 unspecified atom stereocenters. The number of halogens is 4. The Labute approximate surface area is 76.3 Å². The minimum atomic E-state index is -4.85. The molecule has 0 amide bonds. The van der Waals surface area contributed by atoms with Crippen molar-refractivity contribution in [2.45, 2.75) is 6.18 Å². The van der Waals surface area contributed by atoms with Crippen LogP contribution in [-0.4, -0.2) is 6.29 Å². The molecule has 1 aromatic carbocycles. The second-order valence-corrected chi connectivity index (χ2v) is 2.59. The van der Waals surface area contributed by atoms with E-state index >= 15 is 0 Å². The number of benzene rings is 1. The second kappa shape index (κ2) is 3.28. The number of hydrogen-bond donors (Lipinski definition) is 1. The molecule has 2 nitrogen and oxygen atoms in total. The smallest absolute Gasteiger partial charge is 0.396 e. The molecule has 0 aromatic heterocycles. The maximum absolute atomic E-state index is 12.9. The van der Waals surface area contributed by atoms with Gasteiger partial charge in [-0.3, -0.25) is 4.79 Å². The molecule has 0 atom stereocenters.